The van der Waals surface area contributed by atoms with Gasteiger partial charge < -0.3 is 15.0 Å². The number of halogens is 3. The summed E-state index contributed by atoms with van der Waals surface area (Å²) in [7, 11) is 1.24. The fourth-order valence-electron chi connectivity index (χ4n) is 3.26. The summed E-state index contributed by atoms with van der Waals surface area (Å²) >= 11 is 0. The number of amides is 1. The molecule has 2 aromatic rings. The molecule has 0 unspecified atom stereocenters. The third kappa shape index (κ3) is 5.52. The van der Waals surface area contributed by atoms with Gasteiger partial charge in [0.15, 0.2) is 23.2 Å². The van der Waals surface area contributed by atoms with E-state index in [2.05, 4.69) is 10.3 Å². The summed E-state index contributed by atoms with van der Waals surface area (Å²) in [5.74, 6) is -6.16. The van der Waals surface area contributed by atoms with Gasteiger partial charge in [-0.1, -0.05) is 6.92 Å². The lowest BCUT2D eigenvalue weighted by Gasteiger charge is -2.20. The van der Waals surface area contributed by atoms with E-state index in [1.165, 1.54) is 12.0 Å². The van der Waals surface area contributed by atoms with E-state index in [0.29, 0.717) is 30.3 Å². The van der Waals surface area contributed by atoms with Gasteiger partial charge in [-0.3, -0.25) is 14.5 Å². The summed E-state index contributed by atoms with van der Waals surface area (Å²) in [5, 5.41) is 2.18. The van der Waals surface area contributed by atoms with Crippen LogP contribution in [0.25, 0.3) is 0 Å². The zero-order valence-corrected chi connectivity index (χ0v) is 17.7. The summed E-state index contributed by atoms with van der Waals surface area (Å²) in [6.07, 6.45) is 0.621. The molecule has 0 fully saturated rings. The van der Waals surface area contributed by atoms with Gasteiger partial charge in [-0.2, -0.15) is 0 Å². The van der Waals surface area contributed by atoms with Crippen LogP contribution in [0.15, 0.2) is 12.1 Å². The minimum Gasteiger partial charge on any atom is -0.465 e. The molecule has 10 heteroatoms. The van der Waals surface area contributed by atoms with Crippen LogP contribution in [0.1, 0.15) is 45.4 Å². The lowest BCUT2D eigenvalue weighted by molar-refractivity contribution is -0.117. The van der Waals surface area contributed by atoms with Crippen LogP contribution in [0.2, 0.25) is 0 Å². The number of ether oxygens (including phenoxy) is 1. The van der Waals surface area contributed by atoms with E-state index in [9.17, 15) is 27.6 Å². The number of aromatic amines is 1. The van der Waals surface area contributed by atoms with Gasteiger partial charge in [-0.25, -0.2) is 18.0 Å². The molecule has 0 saturated carbocycles. The number of nitrogens with zero attached hydrogens (tertiary/aromatic N) is 1. The van der Waals surface area contributed by atoms with Crippen molar-refractivity contribution in [2.45, 2.75) is 27.2 Å². The van der Waals surface area contributed by atoms with Crippen LogP contribution in [0.3, 0.4) is 0 Å². The summed E-state index contributed by atoms with van der Waals surface area (Å²) in [6.45, 7) is 5.06. The Balaban J connectivity index is 2.13. The topological polar surface area (TPSA) is 91.5 Å². The fraction of sp³-hybridized carbons (Fsp3) is 0.381. The number of anilines is 1. The van der Waals surface area contributed by atoms with Gasteiger partial charge >= 0.3 is 5.97 Å². The third-order valence-electron chi connectivity index (χ3n) is 4.69. The zero-order valence-electron chi connectivity index (χ0n) is 17.7. The molecule has 0 aliphatic rings. The molecule has 0 bridgehead atoms. The minimum absolute atomic E-state index is 0.150. The molecule has 1 aromatic carbocycles. The Labute approximate surface area is 177 Å². The first-order valence-corrected chi connectivity index (χ1v) is 9.57. The van der Waals surface area contributed by atoms with Crippen molar-refractivity contribution in [1.29, 1.82) is 0 Å². The SMILES string of the molecule is CCCN(CC(=O)Nc1ccc(F)c(F)c1F)CC(=O)c1[nH]c(C)c(C(=O)OC)c1C. The maximum Gasteiger partial charge on any atom is 0.339 e. The van der Waals surface area contributed by atoms with Gasteiger partial charge in [-0.15, -0.1) is 0 Å². The molecule has 0 spiro atoms. The van der Waals surface area contributed by atoms with Crippen LogP contribution in [0.5, 0.6) is 0 Å². The van der Waals surface area contributed by atoms with Crippen LogP contribution in [-0.2, 0) is 9.53 Å². The van der Waals surface area contributed by atoms with Gasteiger partial charge in [0.2, 0.25) is 5.91 Å². The van der Waals surface area contributed by atoms with E-state index >= 15 is 0 Å². The van der Waals surface area contributed by atoms with Crippen molar-refractivity contribution in [1.82, 2.24) is 9.88 Å². The maximum atomic E-state index is 13.8. The van der Waals surface area contributed by atoms with E-state index in [1.807, 2.05) is 6.92 Å². The lowest BCUT2D eigenvalue weighted by atomic mass is 10.1. The first-order chi connectivity index (χ1) is 14.6. The Morgan fingerprint density at radius 3 is 2.39 bits per heavy atom. The van der Waals surface area contributed by atoms with E-state index in [4.69, 9.17) is 4.74 Å². The molecular formula is C21H24F3N3O4. The van der Waals surface area contributed by atoms with Gasteiger partial charge in [-0.05, 0) is 44.5 Å². The van der Waals surface area contributed by atoms with Gasteiger partial charge in [0.05, 0.1) is 37.1 Å². The number of esters is 1. The number of aromatic nitrogens is 1. The monoisotopic (exact) mass is 439 g/mol. The molecule has 0 atom stereocenters. The predicted octanol–water partition coefficient (Wildman–Crippen LogP) is 3.37. The Kier molecular flexibility index (Phi) is 7.98. The van der Waals surface area contributed by atoms with Crippen molar-refractivity contribution in [3.8, 4) is 0 Å². The molecule has 7 nitrogen and oxygen atoms in total. The second-order valence-corrected chi connectivity index (χ2v) is 7.02. The molecule has 0 aliphatic carbocycles. The van der Waals surface area contributed by atoms with Gasteiger partial charge in [0.25, 0.3) is 0 Å². The number of benzene rings is 1. The van der Waals surface area contributed by atoms with Crippen LogP contribution >= 0.6 is 0 Å². The molecule has 0 aliphatic heterocycles. The first-order valence-electron chi connectivity index (χ1n) is 9.57. The first kappa shape index (κ1) is 24.1. The standard InChI is InChI=1S/C21H24F3N3O4/c1-5-8-27(10-16(29)26-14-7-6-13(22)18(23)19(14)24)9-15(28)20-11(2)17(12(3)25-20)21(30)31-4/h6-7,25H,5,8-10H2,1-4H3,(H,26,29). The fourth-order valence-corrected chi connectivity index (χ4v) is 3.26. The van der Waals surface area contributed by atoms with Crippen LogP contribution in [-0.4, -0.2) is 54.3 Å². The average molecular weight is 439 g/mol. The van der Waals surface area contributed by atoms with E-state index in [0.717, 1.165) is 6.07 Å². The lowest BCUT2D eigenvalue weighted by Crippen LogP contribution is -2.37. The molecule has 1 heterocycles. The summed E-state index contributed by atoms with van der Waals surface area (Å²) in [4.78, 5) is 41.4. The summed E-state index contributed by atoms with van der Waals surface area (Å²) in [5.41, 5.74) is 0.941. The summed E-state index contributed by atoms with van der Waals surface area (Å²) < 4.78 is 44.9. The number of H-pyrrole nitrogens is 1. The second kappa shape index (κ2) is 10.3. The van der Waals surface area contributed by atoms with Crippen LogP contribution in [0, 0.1) is 31.3 Å². The number of nitrogens with one attached hydrogen (secondary N) is 2. The summed E-state index contributed by atoms with van der Waals surface area (Å²) in [6, 6.07) is 1.62. The number of aryl methyl sites for hydroxylation is 1. The Morgan fingerprint density at radius 1 is 1.10 bits per heavy atom. The van der Waals surface area contributed by atoms with Crippen molar-refractivity contribution in [3.63, 3.8) is 0 Å². The van der Waals surface area contributed by atoms with Crippen molar-refractivity contribution >= 4 is 23.3 Å². The Bertz CT molecular complexity index is 1000. The number of carbonyl (C=O) groups is 3. The highest BCUT2D eigenvalue weighted by Crippen LogP contribution is 2.21. The highest BCUT2D eigenvalue weighted by molar-refractivity contribution is 6.02. The van der Waals surface area contributed by atoms with Crippen molar-refractivity contribution in [2.24, 2.45) is 0 Å². The van der Waals surface area contributed by atoms with Gasteiger partial charge in [0, 0.05) is 5.69 Å². The highest BCUT2D eigenvalue weighted by Gasteiger charge is 2.24. The zero-order chi connectivity index (χ0) is 23.3. The Morgan fingerprint density at radius 2 is 1.77 bits per heavy atom. The smallest absolute Gasteiger partial charge is 0.339 e. The van der Waals surface area contributed by atoms with E-state index in [1.54, 1.807) is 13.8 Å². The molecule has 0 radical (unpaired) electrons. The van der Waals surface area contributed by atoms with Crippen molar-refractivity contribution in [3.05, 3.63) is 52.1 Å². The predicted molar refractivity (Wildman–Crippen MR) is 108 cm³/mol. The highest BCUT2D eigenvalue weighted by atomic mass is 19.2. The normalized spacial score (nSPS) is 11.0. The number of Topliss-reactive ketones (excluding diaryl/α,β-unsaturated/α-hetero) is 1. The largest absolute Gasteiger partial charge is 0.465 e. The Hall–Kier alpha value is -3.14. The van der Waals surface area contributed by atoms with E-state index < -0.39 is 35.0 Å². The third-order valence-corrected chi connectivity index (χ3v) is 4.69. The number of hydrogen-bond acceptors (Lipinski definition) is 5. The molecule has 0 saturated heterocycles. The van der Waals surface area contributed by atoms with E-state index in [-0.39, 0.29) is 30.1 Å². The van der Waals surface area contributed by atoms with Crippen molar-refractivity contribution in [2.75, 3.05) is 32.1 Å². The van der Waals surface area contributed by atoms with Crippen molar-refractivity contribution < 1.29 is 32.3 Å². The number of ketones is 1. The maximum absolute atomic E-state index is 13.8. The van der Waals surface area contributed by atoms with Crippen LogP contribution in [0.4, 0.5) is 18.9 Å². The van der Waals surface area contributed by atoms with Crippen LogP contribution < -0.4 is 5.32 Å². The molecule has 2 N–H and O–H groups in total. The number of rotatable bonds is 9. The average Bonchev–Trinajstić information content (AvgIpc) is 3.02. The van der Waals surface area contributed by atoms with Gasteiger partial charge in [0.1, 0.15) is 0 Å². The minimum atomic E-state index is -1.68. The molecular weight excluding hydrogens is 415 g/mol. The quantitative estimate of drug-likeness (QED) is 0.355. The molecule has 1 aromatic heterocycles. The molecule has 31 heavy (non-hydrogen) atoms. The molecule has 2 rings (SSSR count). The molecule has 168 valence electrons. The second-order valence-electron chi connectivity index (χ2n) is 7.02. The molecule has 1 amide bonds. The number of hydrogen-bond donors (Lipinski definition) is 2. The number of methoxy groups -OCH3 is 1. The number of carbonyl (C=O) groups excluding carboxylic acids is 3.